The summed E-state index contributed by atoms with van der Waals surface area (Å²) >= 11 is 1.72. The number of nitrogens with one attached hydrogen (secondary N) is 1. The number of aryl methyl sites for hydroxylation is 1. The van der Waals surface area contributed by atoms with Crippen LogP contribution in [0.4, 0.5) is 0 Å². The van der Waals surface area contributed by atoms with Gasteiger partial charge in [-0.3, -0.25) is 10.00 Å². The van der Waals surface area contributed by atoms with Gasteiger partial charge in [0, 0.05) is 25.2 Å². The molecule has 1 aliphatic rings. The average Bonchev–Trinajstić information content (AvgIpc) is 3.28. The fraction of sp³-hybridized carbons (Fsp3) is 0.353. The quantitative estimate of drug-likeness (QED) is 0.794. The third-order valence-electron chi connectivity index (χ3n) is 4.16. The number of rotatable bonds is 4. The number of H-pyrrole nitrogens is 1. The van der Waals surface area contributed by atoms with Crippen molar-refractivity contribution in [3.8, 4) is 11.5 Å². The maximum atomic E-state index is 5.91. The Morgan fingerprint density at radius 2 is 2.35 bits per heavy atom. The Labute approximate surface area is 138 Å². The van der Waals surface area contributed by atoms with Crippen molar-refractivity contribution in [2.45, 2.75) is 19.6 Å². The van der Waals surface area contributed by atoms with E-state index in [0.717, 1.165) is 49.0 Å². The molecule has 0 saturated carbocycles. The van der Waals surface area contributed by atoms with Crippen molar-refractivity contribution in [1.82, 2.24) is 15.1 Å². The van der Waals surface area contributed by atoms with Crippen LogP contribution in [0.2, 0.25) is 0 Å². The maximum Gasteiger partial charge on any atom is 0.152 e. The second kappa shape index (κ2) is 6.31. The van der Waals surface area contributed by atoms with Crippen molar-refractivity contribution in [3.63, 3.8) is 0 Å². The Bertz CT molecular complexity index is 763. The summed E-state index contributed by atoms with van der Waals surface area (Å²) in [6.07, 6.45) is 2.05. The molecule has 4 rings (SSSR count). The minimum absolute atomic E-state index is 0.163. The number of hydrogen-bond acceptors (Lipinski definition) is 5. The fourth-order valence-electron chi connectivity index (χ4n) is 2.96. The number of nitrogens with zero attached hydrogens (tertiary/aromatic N) is 2. The molecule has 1 N–H and O–H groups in total. The van der Waals surface area contributed by atoms with Crippen LogP contribution in [-0.2, 0) is 11.3 Å². The molecule has 4 heterocycles. The van der Waals surface area contributed by atoms with E-state index in [1.165, 1.54) is 5.56 Å². The summed E-state index contributed by atoms with van der Waals surface area (Å²) in [6.45, 7) is 5.39. The molecular formula is C17H19N3O2S. The highest BCUT2D eigenvalue weighted by Gasteiger charge is 2.23. The zero-order valence-electron chi connectivity index (χ0n) is 13.0. The van der Waals surface area contributed by atoms with Crippen LogP contribution in [0.25, 0.3) is 11.5 Å². The lowest BCUT2D eigenvalue weighted by Crippen LogP contribution is -2.37. The highest BCUT2D eigenvalue weighted by atomic mass is 32.1. The van der Waals surface area contributed by atoms with Gasteiger partial charge in [0.25, 0.3) is 0 Å². The summed E-state index contributed by atoms with van der Waals surface area (Å²) in [4.78, 5) is 2.41. The van der Waals surface area contributed by atoms with E-state index in [0.29, 0.717) is 0 Å². The number of morpholine rings is 1. The van der Waals surface area contributed by atoms with E-state index in [-0.39, 0.29) is 6.10 Å². The van der Waals surface area contributed by atoms with Crippen LogP contribution in [0, 0.1) is 6.92 Å². The molecule has 3 aromatic heterocycles. The smallest absolute Gasteiger partial charge is 0.152 e. The summed E-state index contributed by atoms with van der Waals surface area (Å²) in [7, 11) is 0. The molecule has 6 heteroatoms. The Morgan fingerprint density at radius 1 is 1.39 bits per heavy atom. The van der Waals surface area contributed by atoms with Crippen molar-refractivity contribution in [3.05, 3.63) is 52.0 Å². The highest BCUT2D eigenvalue weighted by molar-refractivity contribution is 7.07. The third-order valence-corrected chi connectivity index (χ3v) is 4.87. The molecule has 0 radical (unpaired) electrons. The lowest BCUT2D eigenvalue weighted by Gasteiger charge is -2.32. The number of furan rings is 1. The fourth-order valence-corrected chi connectivity index (χ4v) is 3.66. The zero-order chi connectivity index (χ0) is 15.6. The van der Waals surface area contributed by atoms with Crippen molar-refractivity contribution in [2.75, 3.05) is 19.7 Å². The van der Waals surface area contributed by atoms with E-state index in [2.05, 4.69) is 31.9 Å². The SMILES string of the molecule is Cc1ccc(-c2[nH]ncc2CN2CCOC(c3ccsc3)C2)o1. The van der Waals surface area contributed by atoms with Crippen LogP contribution in [0.15, 0.2) is 39.6 Å². The minimum atomic E-state index is 0.163. The van der Waals surface area contributed by atoms with Gasteiger partial charge in [0.1, 0.15) is 11.5 Å². The molecule has 1 atom stereocenters. The molecule has 1 aliphatic heterocycles. The molecule has 0 bridgehead atoms. The summed E-state index contributed by atoms with van der Waals surface area (Å²) in [5.74, 6) is 1.75. The van der Waals surface area contributed by atoms with Gasteiger partial charge in [-0.25, -0.2) is 0 Å². The van der Waals surface area contributed by atoms with Gasteiger partial charge in [-0.15, -0.1) is 0 Å². The Hall–Kier alpha value is -1.89. The molecule has 23 heavy (non-hydrogen) atoms. The summed E-state index contributed by atoms with van der Waals surface area (Å²) in [5, 5.41) is 11.5. The van der Waals surface area contributed by atoms with Gasteiger partial charge in [-0.1, -0.05) is 0 Å². The molecule has 1 saturated heterocycles. The Kier molecular flexibility index (Phi) is 4.03. The van der Waals surface area contributed by atoms with Crippen LogP contribution >= 0.6 is 11.3 Å². The zero-order valence-corrected chi connectivity index (χ0v) is 13.8. The molecule has 0 aliphatic carbocycles. The molecule has 3 aromatic rings. The molecule has 0 amide bonds. The van der Waals surface area contributed by atoms with Gasteiger partial charge in [0.2, 0.25) is 0 Å². The molecule has 0 spiro atoms. The predicted molar refractivity (Wildman–Crippen MR) is 89.3 cm³/mol. The van der Waals surface area contributed by atoms with E-state index >= 15 is 0 Å². The topological polar surface area (TPSA) is 54.3 Å². The van der Waals surface area contributed by atoms with Crippen LogP contribution < -0.4 is 0 Å². The van der Waals surface area contributed by atoms with E-state index in [1.54, 1.807) is 11.3 Å². The van der Waals surface area contributed by atoms with Crippen molar-refractivity contribution in [2.24, 2.45) is 0 Å². The monoisotopic (exact) mass is 329 g/mol. The van der Waals surface area contributed by atoms with E-state index in [9.17, 15) is 0 Å². The molecular weight excluding hydrogens is 310 g/mol. The number of thiophene rings is 1. The van der Waals surface area contributed by atoms with Crippen molar-refractivity contribution in [1.29, 1.82) is 0 Å². The first-order valence-corrected chi connectivity index (χ1v) is 8.69. The van der Waals surface area contributed by atoms with Crippen molar-refractivity contribution < 1.29 is 9.15 Å². The second-order valence-electron chi connectivity index (χ2n) is 5.83. The second-order valence-corrected chi connectivity index (χ2v) is 6.61. The number of aromatic amines is 1. The first-order valence-electron chi connectivity index (χ1n) is 7.75. The number of hydrogen-bond donors (Lipinski definition) is 1. The molecule has 1 fully saturated rings. The third kappa shape index (κ3) is 3.10. The summed E-state index contributed by atoms with van der Waals surface area (Å²) in [5.41, 5.74) is 3.40. The van der Waals surface area contributed by atoms with E-state index in [1.807, 2.05) is 25.3 Å². The molecule has 5 nitrogen and oxygen atoms in total. The predicted octanol–water partition coefficient (Wildman–Crippen LogP) is 3.61. The van der Waals surface area contributed by atoms with Crippen LogP contribution in [0.5, 0.6) is 0 Å². The summed E-state index contributed by atoms with van der Waals surface area (Å²) < 4.78 is 11.6. The molecule has 0 aromatic carbocycles. The average molecular weight is 329 g/mol. The number of aromatic nitrogens is 2. The van der Waals surface area contributed by atoms with E-state index in [4.69, 9.17) is 9.15 Å². The standard InChI is InChI=1S/C17H19N3O2S/c1-12-2-3-15(22-12)17-14(8-18-19-17)9-20-5-6-21-16(10-20)13-4-7-23-11-13/h2-4,7-8,11,16H,5-6,9-10H2,1H3,(H,18,19). The van der Waals surface area contributed by atoms with Gasteiger partial charge in [0.05, 0.1) is 18.9 Å². The summed E-state index contributed by atoms with van der Waals surface area (Å²) in [6, 6.07) is 6.11. The molecule has 120 valence electrons. The van der Waals surface area contributed by atoms with Gasteiger partial charge < -0.3 is 9.15 Å². The van der Waals surface area contributed by atoms with Gasteiger partial charge in [-0.05, 0) is 41.4 Å². The van der Waals surface area contributed by atoms with Gasteiger partial charge in [0.15, 0.2) is 5.76 Å². The van der Waals surface area contributed by atoms with Crippen LogP contribution in [-0.4, -0.2) is 34.8 Å². The largest absolute Gasteiger partial charge is 0.460 e. The first kappa shape index (κ1) is 14.7. The Morgan fingerprint density at radius 3 is 3.13 bits per heavy atom. The highest BCUT2D eigenvalue weighted by Crippen LogP contribution is 2.28. The minimum Gasteiger partial charge on any atom is -0.460 e. The maximum absolute atomic E-state index is 5.91. The Balaban J connectivity index is 1.49. The lowest BCUT2D eigenvalue weighted by molar-refractivity contribution is -0.0326. The lowest BCUT2D eigenvalue weighted by atomic mass is 10.1. The normalized spacial score (nSPS) is 19.3. The van der Waals surface area contributed by atoms with Gasteiger partial charge >= 0.3 is 0 Å². The first-order chi connectivity index (χ1) is 11.3. The molecule has 1 unspecified atom stereocenters. The van der Waals surface area contributed by atoms with Crippen LogP contribution in [0.1, 0.15) is 23.0 Å². The van der Waals surface area contributed by atoms with E-state index < -0.39 is 0 Å². The van der Waals surface area contributed by atoms with Crippen molar-refractivity contribution >= 4 is 11.3 Å². The van der Waals surface area contributed by atoms with Crippen LogP contribution in [0.3, 0.4) is 0 Å². The van der Waals surface area contributed by atoms with Gasteiger partial charge in [-0.2, -0.15) is 16.4 Å². The number of ether oxygens (including phenoxy) is 1.